The zero-order valence-corrected chi connectivity index (χ0v) is 11.5. The molecule has 3 N–H and O–H groups in total. The lowest BCUT2D eigenvalue weighted by Crippen LogP contribution is -2.32. The first kappa shape index (κ1) is 14.5. The van der Waals surface area contributed by atoms with Crippen LogP contribution >= 0.6 is 0 Å². The number of nitrogens with two attached hydrogens (primary N) is 1. The number of hydrogen-bond donors (Lipinski definition) is 2. The lowest BCUT2D eigenvalue weighted by atomic mass is 10.2. The van der Waals surface area contributed by atoms with Crippen molar-refractivity contribution in [1.29, 1.82) is 0 Å². The van der Waals surface area contributed by atoms with Gasteiger partial charge in [-0.1, -0.05) is 6.92 Å². The van der Waals surface area contributed by atoms with Crippen molar-refractivity contribution < 1.29 is 9.53 Å². The minimum atomic E-state index is -0.182. The van der Waals surface area contributed by atoms with Gasteiger partial charge >= 0.3 is 0 Å². The highest BCUT2D eigenvalue weighted by Gasteiger charge is 2.19. The highest BCUT2D eigenvalue weighted by atomic mass is 16.5. The van der Waals surface area contributed by atoms with Crippen molar-refractivity contribution in [2.45, 2.75) is 27.3 Å². The number of nitrogen functional groups attached to an aromatic ring is 1. The minimum absolute atomic E-state index is 0.182. The number of amides is 1. The van der Waals surface area contributed by atoms with Gasteiger partial charge in [0, 0.05) is 20.2 Å². The Labute approximate surface area is 107 Å². The fraction of sp³-hybridized carbons (Fsp3) is 0.667. The third kappa shape index (κ3) is 3.22. The van der Waals surface area contributed by atoms with Gasteiger partial charge in [-0.05, 0) is 19.8 Å². The summed E-state index contributed by atoms with van der Waals surface area (Å²) in [6, 6.07) is 0. The van der Waals surface area contributed by atoms with Crippen molar-refractivity contribution in [3.63, 3.8) is 0 Å². The van der Waals surface area contributed by atoms with Crippen LogP contribution in [0.25, 0.3) is 0 Å². The molecule has 102 valence electrons. The Morgan fingerprint density at radius 2 is 2.28 bits per heavy atom. The second-order valence-electron chi connectivity index (χ2n) is 4.43. The van der Waals surface area contributed by atoms with E-state index in [1.54, 1.807) is 18.7 Å². The molecule has 0 saturated heterocycles. The van der Waals surface area contributed by atoms with Gasteiger partial charge in [0.2, 0.25) is 0 Å². The summed E-state index contributed by atoms with van der Waals surface area (Å²) < 4.78 is 6.65. The molecular formula is C12H22N4O2. The first-order valence-electron chi connectivity index (χ1n) is 6.11. The molecule has 1 aromatic rings. The van der Waals surface area contributed by atoms with Gasteiger partial charge in [0.15, 0.2) is 0 Å². The van der Waals surface area contributed by atoms with Gasteiger partial charge in [-0.15, -0.1) is 0 Å². The van der Waals surface area contributed by atoms with Crippen molar-refractivity contribution in [1.82, 2.24) is 15.1 Å². The number of ether oxygens (including phenoxy) is 1. The number of nitrogens with one attached hydrogen (secondary N) is 1. The first-order valence-corrected chi connectivity index (χ1v) is 6.11. The molecule has 0 saturated carbocycles. The van der Waals surface area contributed by atoms with E-state index in [1.165, 1.54) is 0 Å². The van der Waals surface area contributed by atoms with Crippen LogP contribution in [0.15, 0.2) is 0 Å². The van der Waals surface area contributed by atoms with Gasteiger partial charge in [-0.2, -0.15) is 5.10 Å². The molecule has 0 aliphatic heterocycles. The Bertz CT molecular complexity index is 414. The molecule has 6 nitrogen and oxygen atoms in total. The molecule has 0 aliphatic rings. The van der Waals surface area contributed by atoms with E-state index in [2.05, 4.69) is 10.4 Å². The standard InChI is InChI=1S/C12H22N4O2/c1-5-16-11(10(13)9(3)15-16)12(17)14-6-8(2)7-18-4/h8H,5-7,13H2,1-4H3,(H,14,17). The van der Waals surface area contributed by atoms with Gasteiger partial charge < -0.3 is 15.8 Å². The normalized spacial score (nSPS) is 12.4. The zero-order valence-electron chi connectivity index (χ0n) is 11.5. The van der Waals surface area contributed by atoms with E-state index < -0.39 is 0 Å². The summed E-state index contributed by atoms with van der Waals surface area (Å²) in [4.78, 5) is 12.1. The largest absolute Gasteiger partial charge is 0.395 e. The van der Waals surface area contributed by atoms with Crippen molar-refractivity contribution in [2.75, 3.05) is 26.0 Å². The maximum absolute atomic E-state index is 12.1. The maximum Gasteiger partial charge on any atom is 0.271 e. The summed E-state index contributed by atoms with van der Waals surface area (Å²) in [5.74, 6) is 0.0807. The number of carbonyl (C=O) groups is 1. The average molecular weight is 254 g/mol. The number of nitrogens with zero attached hydrogens (tertiary/aromatic N) is 2. The van der Waals surface area contributed by atoms with Crippen LogP contribution in [0, 0.1) is 12.8 Å². The van der Waals surface area contributed by atoms with Crippen LogP contribution in [-0.4, -0.2) is 35.9 Å². The van der Waals surface area contributed by atoms with E-state index in [1.807, 2.05) is 13.8 Å². The smallest absolute Gasteiger partial charge is 0.271 e. The monoisotopic (exact) mass is 254 g/mol. The van der Waals surface area contributed by atoms with Crippen LogP contribution in [0.1, 0.15) is 30.0 Å². The Kier molecular flexibility index (Phi) is 5.15. The van der Waals surface area contributed by atoms with E-state index in [0.29, 0.717) is 36.8 Å². The topological polar surface area (TPSA) is 82.2 Å². The zero-order chi connectivity index (χ0) is 13.7. The lowest BCUT2D eigenvalue weighted by Gasteiger charge is -2.12. The molecule has 0 fully saturated rings. The second kappa shape index (κ2) is 6.39. The van der Waals surface area contributed by atoms with Crippen LogP contribution in [0.4, 0.5) is 5.69 Å². The molecule has 1 rings (SSSR count). The van der Waals surface area contributed by atoms with Crippen LogP contribution in [-0.2, 0) is 11.3 Å². The van der Waals surface area contributed by atoms with Crippen molar-refractivity contribution in [2.24, 2.45) is 5.92 Å². The molecule has 0 spiro atoms. The molecule has 1 atom stereocenters. The minimum Gasteiger partial charge on any atom is -0.395 e. The molecule has 1 heterocycles. The second-order valence-corrected chi connectivity index (χ2v) is 4.43. The van der Waals surface area contributed by atoms with E-state index in [0.717, 1.165) is 0 Å². The molecule has 1 amide bonds. The molecule has 0 bridgehead atoms. The summed E-state index contributed by atoms with van der Waals surface area (Å²) in [5.41, 5.74) is 7.46. The predicted molar refractivity (Wildman–Crippen MR) is 70.4 cm³/mol. The molecule has 18 heavy (non-hydrogen) atoms. The van der Waals surface area contributed by atoms with Crippen LogP contribution in [0.2, 0.25) is 0 Å². The fourth-order valence-electron chi connectivity index (χ4n) is 1.76. The fourth-order valence-corrected chi connectivity index (χ4v) is 1.76. The van der Waals surface area contributed by atoms with Crippen molar-refractivity contribution in [3.05, 3.63) is 11.4 Å². The Morgan fingerprint density at radius 3 is 2.83 bits per heavy atom. The van der Waals surface area contributed by atoms with E-state index in [9.17, 15) is 4.79 Å². The molecule has 1 unspecified atom stereocenters. The molecule has 0 aliphatic carbocycles. The molecule has 1 aromatic heterocycles. The highest BCUT2D eigenvalue weighted by molar-refractivity contribution is 5.97. The van der Waals surface area contributed by atoms with E-state index in [4.69, 9.17) is 10.5 Å². The molecule has 0 aromatic carbocycles. The summed E-state index contributed by atoms with van der Waals surface area (Å²) in [5, 5.41) is 7.07. The number of rotatable bonds is 6. The first-order chi connectivity index (χ1) is 8.51. The highest BCUT2D eigenvalue weighted by Crippen LogP contribution is 2.16. The quantitative estimate of drug-likeness (QED) is 0.787. The molecular weight excluding hydrogens is 232 g/mol. The summed E-state index contributed by atoms with van der Waals surface area (Å²) >= 11 is 0. The third-order valence-electron chi connectivity index (χ3n) is 2.75. The number of anilines is 1. The maximum atomic E-state index is 12.1. The number of aromatic nitrogens is 2. The summed E-state index contributed by atoms with van der Waals surface area (Å²) in [6.45, 7) is 7.52. The van der Waals surface area contributed by atoms with E-state index in [-0.39, 0.29) is 11.8 Å². The summed E-state index contributed by atoms with van der Waals surface area (Å²) in [7, 11) is 1.64. The SMILES string of the molecule is CCn1nc(C)c(N)c1C(=O)NCC(C)COC. The molecule has 0 radical (unpaired) electrons. The average Bonchev–Trinajstić information content (AvgIpc) is 2.63. The van der Waals surface area contributed by atoms with Crippen LogP contribution in [0.3, 0.4) is 0 Å². The Hall–Kier alpha value is -1.56. The van der Waals surface area contributed by atoms with Crippen molar-refractivity contribution in [3.8, 4) is 0 Å². The van der Waals surface area contributed by atoms with Gasteiger partial charge in [0.1, 0.15) is 5.69 Å². The predicted octanol–water partition coefficient (Wildman–Crippen LogP) is 0.806. The molecule has 6 heteroatoms. The number of carbonyl (C=O) groups excluding carboxylic acids is 1. The number of methoxy groups -OCH3 is 1. The number of hydrogen-bond acceptors (Lipinski definition) is 4. The van der Waals surface area contributed by atoms with Crippen LogP contribution in [0.5, 0.6) is 0 Å². The van der Waals surface area contributed by atoms with Gasteiger partial charge in [0.25, 0.3) is 5.91 Å². The third-order valence-corrected chi connectivity index (χ3v) is 2.75. The number of aryl methyl sites for hydroxylation is 2. The van der Waals surface area contributed by atoms with Gasteiger partial charge in [-0.3, -0.25) is 9.48 Å². The lowest BCUT2D eigenvalue weighted by molar-refractivity contribution is 0.0924. The van der Waals surface area contributed by atoms with Crippen LogP contribution < -0.4 is 11.1 Å². The van der Waals surface area contributed by atoms with Crippen molar-refractivity contribution >= 4 is 11.6 Å². The van der Waals surface area contributed by atoms with Gasteiger partial charge in [-0.25, -0.2) is 0 Å². The Balaban J connectivity index is 2.72. The summed E-state index contributed by atoms with van der Waals surface area (Å²) in [6.07, 6.45) is 0. The van der Waals surface area contributed by atoms with Gasteiger partial charge in [0.05, 0.1) is 18.0 Å². The van der Waals surface area contributed by atoms with E-state index >= 15 is 0 Å². The Morgan fingerprint density at radius 1 is 1.61 bits per heavy atom.